The van der Waals surface area contributed by atoms with Crippen LogP contribution in [0.1, 0.15) is 30.0 Å². The molecule has 4 heteroatoms. The van der Waals surface area contributed by atoms with Crippen molar-refractivity contribution >= 4 is 17.6 Å². The third kappa shape index (κ3) is 4.75. The van der Waals surface area contributed by atoms with E-state index in [0.29, 0.717) is 13.0 Å². The van der Waals surface area contributed by atoms with Gasteiger partial charge in [0.1, 0.15) is 5.75 Å². The molecule has 0 aliphatic rings. The van der Waals surface area contributed by atoms with E-state index < -0.39 is 0 Å². The van der Waals surface area contributed by atoms with Gasteiger partial charge in [0.15, 0.2) is 0 Å². The highest BCUT2D eigenvalue weighted by Gasteiger charge is 2.15. The average Bonchev–Trinajstić information content (AvgIpc) is 2.33. The van der Waals surface area contributed by atoms with Crippen LogP contribution < -0.4 is 4.74 Å². The highest BCUT2D eigenvalue weighted by molar-refractivity contribution is 6.21. The third-order valence-corrected chi connectivity index (χ3v) is 3.34. The van der Waals surface area contributed by atoms with Gasteiger partial charge in [0, 0.05) is 5.38 Å². The molecule has 106 valence electrons. The Bertz CT molecular complexity index is 443. The fraction of sp³-hybridized carbons (Fsp3) is 0.533. The Hall–Kier alpha value is -1.22. The molecule has 3 nitrogen and oxygen atoms in total. The van der Waals surface area contributed by atoms with Crippen LogP contribution in [-0.4, -0.2) is 25.1 Å². The number of halogens is 1. The molecule has 1 atom stereocenters. The van der Waals surface area contributed by atoms with E-state index in [1.54, 1.807) is 14.0 Å². The topological polar surface area (TPSA) is 35.5 Å². The molecule has 1 rings (SSSR count). The van der Waals surface area contributed by atoms with Crippen molar-refractivity contribution in [1.29, 1.82) is 0 Å². The number of esters is 1. The second-order valence-electron chi connectivity index (χ2n) is 4.56. The average molecular weight is 285 g/mol. The Labute approximate surface area is 119 Å². The second kappa shape index (κ2) is 7.39. The fourth-order valence-corrected chi connectivity index (χ4v) is 2.20. The minimum absolute atomic E-state index is 0.214. The first-order valence-electron chi connectivity index (χ1n) is 6.41. The molecule has 1 aromatic carbocycles. The zero-order valence-electron chi connectivity index (χ0n) is 12.0. The molecule has 1 unspecified atom stereocenters. The lowest BCUT2D eigenvalue weighted by Crippen LogP contribution is -2.14. The molecular weight excluding hydrogens is 264 g/mol. The monoisotopic (exact) mass is 284 g/mol. The molecule has 0 aliphatic carbocycles. The lowest BCUT2D eigenvalue weighted by atomic mass is 10.0. The van der Waals surface area contributed by atoms with Gasteiger partial charge in [-0.2, -0.15) is 0 Å². The number of carbonyl (C=O) groups excluding carboxylic acids is 1. The summed E-state index contributed by atoms with van der Waals surface area (Å²) in [6.45, 7) is 6.26. The van der Waals surface area contributed by atoms with Gasteiger partial charge in [-0.3, -0.25) is 4.79 Å². The Morgan fingerprint density at radius 3 is 2.53 bits per heavy atom. The molecule has 0 spiro atoms. The number of benzene rings is 1. The first kappa shape index (κ1) is 15.8. The smallest absolute Gasteiger partial charge is 0.307 e. The third-order valence-electron chi connectivity index (χ3n) is 3.03. The van der Waals surface area contributed by atoms with Crippen LogP contribution in [0.5, 0.6) is 5.75 Å². The maximum atomic E-state index is 11.4. The van der Waals surface area contributed by atoms with Crippen molar-refractivity contribution in [3.8, 4) is 5.75 Å². The standard InChI is InChI=1S/C15H21ClO3/c1-5-19-15(17)9-13(16)8-12-6-10(2)11(3)7-14(12)18-4/h6-7,13H,5,8-9H2,1-4H3. The van der Waals surface area contributed by atoms with Crippen LogP contribution in [0.4, 0.5) is 0 Å². The summed E-state index contributed by atoms with van der Waals surface area (Å²) in [7, 11) is 1.64. The summed E-state index contributed by atoms with van der Waals surface area (Å²) in [5.74, 6) is 0.558. The first-order chi connectivity index (χ1) is 8.97. The number of methoxy groups -OCH3 is 1. The molecule has 0 bridgehead atoms. The number of rotatable bonds is 6. The second-order valence-corrected chi connectivity index (χ2v) is 5.18. The molecular formula is C15H21ClO3. The van der Waals surface area contributed by atoms with Crippen molar-refractivity contribution in [2.24, 2.45) is 0 Å². The van der Waals surface area contributed by atoms with Gasteiger partial charge in [0.2, 0.25) is 0 Å². The Morgan fingerprint density at radius 1 is 1.32 bits per heavy atom. The van der Waals surface area contributed by atoms with Crippen molar-refractivity contribution in [3.63, 3.8) is 0 Å². The summed E-state index contributed by atoms with van der Waals surface area (Å²) in [4.78, 5) is 11.4. The van der Waals surface area contributed by atoms with Crippen molar-refractivity contribution in [1.82, 2.24) is 0 Å². The van der Waals surface area contributed by atoms with Gasteiger partial charge in [-0.15, -0.1) is 11.6 Å². The summed E-state index contributed by atoms with van der Waals surface area (Å²) >= 11 is 6.21. The first-order valence-corrected chi connectivity index (χ1v) is 6.85. The van der Waals surface area contributed by atoms with E-state index in [0.717, 1.165) is 11.3 Å². The number of hydrogen-bond acceptors (Lipinski definition) is 3. The number of alkyl halides is 1. The van der Waals surface area contributed by atoms with Crippen LogP contribution in [0.15, 0.2) is 12.1 Å². The van der Waals surface area contributed by atoms with E-state index in [1.165, 1.54) is 11.1 Å². The molecule has 0 heterocycles. The van der Waals surface area contributed by atoms with Crippen LogP contribution in [0.2, 0.25) is 0 Å². The van der Waals surface area contributed by atoms with Gasteiger partial charge < -0.3 is 9.47 Å². The Balaban J connectivity index is 2.75. The summed E-state index contributed by atoms with van der Waals surface area (Å²) < 4.78 is 10.3. The van der Waals surface area contributed by atoms with Crippen LogP contribution >= 0.6 is 11.6 Å². The molecule has 0 N–H and O–H groups in total. The van der Waals surface area contributed by atoms with Crippen molar-refractivity contribution in [2.75, 3.05) is 13.7 Å². The van der Waals surface area contributed by atoms with E-state index in [9.17, 15) is 4.79 Å². The Kier molecular flexibility index (Phi) is 6.16. The molecule has 0 aromatic heterocycles. The minimum atomic E-state index is -0.282. The van der Waals surface area contributed by atoms with Gasteiger partial charge in [-0.05, 0) is 49.9 Å². The summed E-state index contributed by atoms with van der Waals surface area (Å²) in [5, 5.41) is -0.282. The molecule has 0 saturated carbocycles. The molecule has 19 heavy (non-hydrogen) atoms. The van der Waals surface area contributed by atoms with Gasteiger partial charge in [0.05, 0.1) is 20.1 Å². The van der Waals surface area contributed by atoms with E-state index in [2.05, 4.69) is 6.07 Å². The van der Waals surface area contributed by atoms with Crippen molar-refractivity contribution in [2.45, 2.75) is 39.0 Å². The van der Waals surface area contributed by atoms with Gasteiger partial charge >= 0.3 is 5.97 Å². The molecule has 0 amide bonds. The van der Waals surface area contributed by atoms with E-state index in [4.69, 9.17) is 21.1 Å². The van der Waals surface area contributed by atoms with Crippen LogP contribution in [0, 0.1) is 13.8 Å². The number of ether oxygens (including phenoxy) is 2. The Morgan fingerprint density at radius 2 is 1.95 bits per heavy atom. The van der Waals surface area contributed by atoms with Gasteiger partial charge in [-0.25, -0.2) is 0 Å². The largest absolute Gasteiger partial charge is 0.496 e. The molecule has 1 aromatic rings. The van der Waals surface area contributed by atoms with Crippen LogP contribution in [0.25, 0.3) is 0 Å². The normalized spacial score (nSPS) is 12.1. The lowest BCUT2D eigenvalue weighted by Gasteiger charge is -2.14. The van der Waals surface area contributed by atoms with Gasteiger partial charge in [0.25, 0.3) is 0 Å². The van der Waals surface area contributed by atoms with Crippen molar-refractivity contribution in [3.05, 3.63) is 28.8 Å². The van der Waals surface area contributed by atoms with Gasteiger partial charge in [-0.1, -0.05) is 6.07 Å². The van der Waals surface area contributed by atoms with Crippen LogP contribution in [-0.2, 0) is 16.0 Å². The van der Waals surface area contributed by atoms with Crippen molar-refractivity contribution < 1.29 is 14.3 Å². The highest BCUT2D eigenvalue weighted by Crippen LogP contribution is 2.26. The molecule has 0 radical (unpaired) electrons. The summed E-state index contributed by atoms with van der Waals surface area (Å²) in [6.07, 6.45) is 0.802. The number of hydrogen-bond donors (Lipinski definition) is 0. The van der Waals surface area contributed by atoms with E-state index in [-0.39, 0.29) is 17.8 Å². The van der Waals surface area contributed by atoms with E-state index >= 15 is 0 Å². The lowest BCUT2D eigenvalue weighted by molar-refractivity contribution is -0.143. The SMILES string of the molecule is CCOC(=O)CC(Cl)Cc1cc(C)c(C)cc1OC. The zero-order chi connectivity index (χ0) is 14.4. The molecule has 0 aliphatic heterocycles. The zero-order valence-corrected chi connectivity index (χ0v) is 12.7. The number of aryl methyl sites for hydroxylation is 2. The fourth-order valence-electron chi connectivity index (χ4n) is 1.91. The summed E-state index contributed by atoms with van der Waals surface area (Å²) in [5.41, 5.74) is 3.39. The minimum Gasteiger partial charge on any atom is -0.496 e. The quantitative estimate of drug-likeness (QED) is 0.593. The molecule has 0 fully saturated rings. The maximum absolute atomic E-state index is 11.4. The predicted molar refractivity (Wildman–Crippen MR) is 77.1 cm³/mol. The van der Waals surface area contributed by atoms with Crippen LogP contribution in [0.3, 0.4) is 0 Å². The van der Waals surface area contributed by atoms with E-state index in [1.807, 2.05) is 19.9 Å². The predicted octanol–water partition coefficient (Wildman–Crippen LogP) is 3.42. The highest BCUT2D eigenvalue weighted by atomic mass is 35.5. The maximum Gasteiger partial charge on any atom is 0.307 e. The summed E-state index contributed by atoms with van der Waals surface area (Å²) in [6, 6.07) is 4.06. The number of carbonyl (C=O) groups is 1. The molecule has 0 saturated heterocycles.